The summed E-state index contributed by atoms with van der Waals surface area (Å²) in [7, 11) is 0. The van der Waals surface area contributed by atoms with E-state index in [1.54, 1.807) is 0 Å². The Morgan fingerprint density at radius 1 is 1.29 bits per heavy atom. The van der Waals surface area contributed by atoms with Gasteiger partial charge in [-0.2, -0.15) is 13.2 Å². The van der Waals surface area contributed by atoms with E-state index in [0.29, 0.717) is 32.5 Å². The molecule has 3 N–H and O–H groups in total. The number of β-amino-alcohol motifs (C(OH)–C–C–N with tert-alkyl or cyclic N) is 1. The standard InChI is InChI=1S/C13H21F3N2O2.ClH/c14-13(15,16)10-3-1-2-8(4-10)12(20)18-6-9-5-17-7-11(9)19;/h8-11,17,19H,1-7H2,(H,18,20);1H. The van der Waals surface area contributed by atoms with Crippen LogP contribution in [0.5, 0.6) is 0 Å². The first-order valence-corrected chi connectivity index (χ1v) is 7.11. The van der Waals surface area contributed by atoms with Gasteiger partial charge in [-0.1, -0.05) is 6.42 Å². The highest BCUT2D eigenvalue weighted by Crippen LogP contribution is 2.39. The van der Waals surface area contributed by atoms with Gasteiger partial charge in [-0.05, 0) is 19.3 Å². The highest BCUT2D eigenvalue weighted by Gasteiger charge is 2.43. The molecule has 8 heteroatoms. The maximum Gasteiger partial charge on any atom is 0.391 e. The lowest BCUT2D eigenvalue weighted by Gasteiger charge is -2.30. The van der Waals surface area contributed by atoms with E-state index >= 15 is 0 Å². The van der Waals surface area contributed by atoms with Crippen molar-refractivity contribution in [3.63, 3.8) is 0 Å². The summed E-state index contributed by atoms with van der Waals surface area (Å²) in [5.74, 6) is -2.27. The van der Waals surface area contributed by atoms with Crippen LogP contribution < -0.4 is 10.6 Å². The third-order valence-electron chi connectivity index (χ3n) is 4.35. The molecule has 1 aliphatic carbocycles. The maximum absolute atomic E-state index is 12.7. The molecule has 1 amide bonds. The van der Waals surface area contributed by atoms with Gasteiger partial charge in [-0.25, -0.2) is 0 Å². The molecular weight excluding hydrogens is 309 g/mol. The molecular formula is C13H22ClF3N2O2. The molecule has 4 nitrogen and oxygen atoms in total. The van der Waals surface area contributed by atoms with E-state index in [-0.39, 0.29) is 37.1 Å². The molecule has 124 valence electrons. The Balaban J connectivity index is 0.00000220. The van der Waals surface area contributed by atoms with Gasteiger partial charge in [0.05, 0.1) is 12.0 Å². The lowest BCUT2D eigenvalue weighted by Crippen LogP contribution is -2.40. The second kappa shape index (κ2) is 7.65. The Kier molecular flexibility index (Phi) is 6.74. The zero-order chi connectivity index (χ0) is 14.8. The lowest BCUT2D eigenvalue weighted by molar-refractivity contribution is -0.186. The number of hydrogen-bond donors (Lipinski definition) is 3. The summed E-state index contributed by atoms with van der Waals surface area (Å²) in [6.45, 7) is 1.44. The number of alkyl halides is 3. The number of rotatable bonds is 3. The van der Waals surface area contributed by atoms with Crippen LogP contribution in [0.3, 0.4) is 0 Å². The first kappa shape index (κ1) is 18.5. The van der Waals surface area contributed by atoms with Crippen molar-refractivity contribution < 1.29 is 23.1 Å². The van der Waals surface area contributed by atoms with E-state index in [2.05, 4.69) is 10.6 Å². The number of hydrogen-bond acceptors (Lipinski definition) is 3. The Bertz CT molecular complexity index is 355. The number of nitrogens with one attached hydrogen (secondary N) is 2. The predicted molar refractivity (Wildman–Crippen MR) is 74.1 cm³/mol. The van der Waals surface area contributed by atoms with Crippen LogP contribution in [0.1, 0.15) is 25.7 Å². The summed E-state index contributed by atoms with van der Waals surface area (Å²) in [5, 5.41) is 15.3. The number of halogens is 4. The van der Waals surface area contributed by atoms with Crippen molar-refractivity contribution in [3.05, 3.63) is 0 Å². The van der Waals surface area contributed by atoms with E-state index in [1.165, 1.54) is 0 Å². The molecule has 2 rings (SSSR count). The van der Waals surface area contributed by atoms with Crippen molar-refractivity contribution in [1.29, 1.82) is 0 Å². The van der Waals surface area contributed by atoms with Crippen LogP contribution in [0, 0.1) is 17.8 Å². The summed E-state index contributed by atoms with van der Waals surface area (Å²) in [4.78, 5) is 12.0. The van der Waals surface area contributed by atoms with Crippen molar-refractivity contribution >= 4 is 18.3 Å². The van der Waals surface area contributed by atoms with Crippen LogP contribution in [-0.4, -0.2) is 42.9 Å². The SMILES string of the molecule is Cl.O=C(NCC1CNCC1O)C1CCCC(C(F)(F)F)C1. The van der Waals surface area contributed by atoms with Crippen LogP contribution in [-0.2, 0) is 4.79 Å². The molecule has 0 aromatic heterocycles. The Morgan fingerprint density at radius 2 is 2.00 bits per heavy atom. The molecule has 1 saturated heterocycles. The molecule has 1 saturated carbocycles. The number of aliphatic hydroxyl groups excluding tert-OH is 1. The monoisotopic (exact) mass is 330 g/mol. The van der Waals surface area contributed by atoms with Crippen LogP contribution >= 0.6 is 12.4 Å². The van der Waals surface area contributed by atoms with Crippen molar-refractivity contribution in [1.82, 2.24) is 10.6 Å². The Hall–Kier alpha value is -0.530. The largest absolute Gasteiger partial charge is 0.391 e. The van der Waals surface area contributed by atoms with Crippen LogP contribution in [0.25, 0.3) is 0 Å². The first-order valence-electron chi connectivity index (χ1n) is 7.11. The normalized spacial score (nSPS) is 33.3. The van der Waals surface area contributed by atoms with Gasteiger partial charge in [-0.3, -0.25) is 4.79 Å². The van der Waals surface area contributed by atoms with E-state index < -0.39 is 24.1 Å². The van der Waals surface area contributed by atoms with E-state index in [9.17, 15) is 23.1 Å². The zero-order valence-corrected chi connectivity index (χ0v) is 12.5. The molecule has 1 heterocycles. The molecule has 1 aliphatic heterocycles. The lowest BCUT2D eigenvalue weighted by atomic mass is 9.80. The van der Waals surface area contributed by atoms with E-state index in [1.807, 2.05) is 0 Å². The third kappa shape index (κ3) is 5.00. The highest BCUT2D eigenvalue weighted by molar-refractivity contribution is 5.85. The van der Waals surface area contributed by atoms with E-state index in [0.717, 1.165) is 0 Å². The third-order valence-corrected chi connectivity index (χ3v) is 4.35. The summed E-state index contributed by atoms with van der Waals surface area (Å²) in [6, 6.07) is 0. The van der Waals surface area contributed by atoms with Gasteiger partial charge in [0.2, 0.25) is 5.91 Å². The van der Waals surface area contributed by atoms with Crippen molar-refractivity contribution in [2.45, 2.75) is 38.0 Å². The average molecular weight is 331 g/mol. The van der Waals surface area contributed by atoms with Crippen LogP contribution in [0.4, 0.5) is 13.2 Å². The molecule has 0 aromatic rings. The van der Waals surface area contributed by atoms with Crippen molar-refractivity contribution in [3.8, 4) is 0 Å². The van der Waals surface area contributed by atoms with Gasteiger partial charge < -0.3 is 15.7 Å². The fourth-order valence-corrected chi connectivity index (χ4v) is 3.03. The van der Waals surface area contributed by atoms with Crippen molar-refractivity contribution in [2.24, 2.45) is 17.8 Å². The van der Waals surface area contributed by atoms with Gasteiger partial charge in [0.25, 0.3) is 0 Å². The fourth-order valence-electron chi connectivity index (χ4n) is 3.03. The molecule has 0 bridgehead atoms. The summed E-state index contributed by atoms with van der Waals surface area (Å²) < 4.78 is 38.1. The highest BCUT2D eigenvalue weighted by atomic mass is 35.5. The molecule has 2 fully saturated rings. The van der Waals surface area contributed by atoms with Crippen molar-refractivity contribution in [2.75, 3.05) is 19.6 Å². The minimum absolute atomic E-state index is 0. The number of carbonyl (C=O) groups excluding carboxylic acids is 1. The fraction of sp³-hybridized carbons (Fsp3) is 0.923. The first-order chi connectivity index (χ1) is 9.38. The number of amides is 1. The molecule has 4 atom stereocenters. The summed E-state index contributed by atoms with van der Waals surface area (Å²) in [6.07, 6.45) is -3.73. The molecule has 4 unspecified atom stereocenters. The van der Waals surface area contributed by atoms with Gasteiger partial charge in [0, 0.05) is 31.5 Å². The average Bonchev–Trinajstić information content (AvgIpc) is 2.81. The summed E-state index contributed by atoms with van der Waals surface area (Å²) in [5.41, 5.74) is 0. The second-order valence-electron chi connectivity index (χ2n) is 5.83. The Morgan fingerprint density at radius 3 is 2.57 bits per heavy atom. The Labute approximate surface area is 128 Å². The smallest absolute Gasteiger partial charge is 0.391 e. The van der Waals surface area contributed by atoms with Gasteiger partial charge in [-0.15, -0.1) is 12.4 Å². The van der Waals surface area contributed by atoms with Gasteiger partial charge in [0.1, 0.15) is 0 Å². The van der Waals surface area contributed by atoms with Crippen LogP contribution in [0.2, 0.25) is 0 Å². The molecule has 2 aliphatic rings. The van der Waals surface area contributed by atoms with E-state index in [4.69, 9.17) is 0 Å². The predicted octanol–water partition coefficient (Wildman–Crippen LogP) is 1.47. The van der Waals surface area contributed by atoms with Gasteiger partial charge >= 0.3 is 6.18 Å². The number of aliphatic hydroxyl groups is 1. The molecule has 0 aromatic carbocycles. The van der Waals surface area contributed by atoms with Crippen LogP contribution in [0.15, 0.2) is 0 Å². The minimum Gasteiger partial charge on any atom is -0.391 e. The minimum atomic E-state index is -4.20. The zero-order valence-electron chi connectivity index (χ0n) is 11.7. The molecule has 0 radical (unpaired) electrons. The molecule has 0 spiro atoms. The van der Waals surface area contributed by atoms with Gasteiger partial charge in [0.15, 0.2) is 0 Å². The quantitative estimate of drug-likeness (QED) is 0.734. The summed E-state index contributed by atoms with van der Waals surface area (Å²) >= 11 is 0. The number of carbonyl (C=O) groups is 1. The second-order valence-corrected chi connectivity index (χ2v) is 5.83. The molecule has 21 heavy (non-hydrogen) atoms. The topological polar surface area (TPSA) is 61.4 Å². The maximum atomic E-state index is 12.7.